The average molecular weight is 227 g/mol. The van der Waals surface area contributed by atoms with Crippen LogP contribution in [0.15, 0.2) is 0 Å². The summed E-state index contributed by atoms with van der Waals surface area (Å²) in [6.07, 6.45) is 6.69. The normalized spacial score (nSPS) is 25.0. The van der Waals surface area contributed by atoms with E-state index in [1.165, 1.54) is 32.1 Å². The molecule has 0 aromatic carbocycles. The first kappa shape index (κ1) is 13.5. The van der Waals surface area contributed by atoms with E-state index in [2.05, 4.69) is 11.8 Å². The molecule has 0 radical (unpaired) electrons. The minimum atomic E-state index is -0.679. The zero-order valence-electron chi connectivity index (χ0n) is 10.6. The smallest absolute Gasteiger partial charge is 0.304 e. The third-order valence-corrected chi connectivity index (χ3v) is 3.67. The first-order valence-electron chi connectivity index (χ1n) is 6.59. The summed E-state index contributed by atoms with van der Waals surface area (Å²) in [4.78, 5) is 13.0. The SMILES string of the molecule is CCCC1CCCN(C(C)CC(=O)O)CC1. The Morgan fingerprint density at radius 1 is 1.44 bits per heavy atom. The van der Waals surface area contributed by atoms with E-state index in [9.17, 15) is 4.79 Å². The molecule has 2 atom stereocenters. The molecule has 1 aliphatic rings. The summed E-state index contributed by atoms with van der Waals surface area (Å²) in [6, 6.07) is 0.192. The van der Waals surface area contributed by atoms with Crippen LogP contribution in [0.1, 0.15) is 52.4 Å². The highest BCUT2D eigenvalue weighted by Crippen LogP contribution is 2.23. The zero-order valence-corrected chi connectivity index (χ0v) is 10.6. The van der Waals surface area contributed by atoms with Crippen molar-refractivity contribution in [2.24, 2.45) is 5.92 Å². The number of carboxylic acids is 1. The molecule has 1 heterocycles. The molecule has 0 amide bonds. The monoisotopic (exact) mass is 227 g/mol. The molecular weight excluding hydrogens is 202 g/mol. The summed E-state index contributed by atoms with van der Waals surface area (Å²) < 4.78 is 0. The van der Waals surface area contributed by atoms with Gasteiger partial charge in [0.05, 0.1) is 6.42 Å². The van der Waals surface area contributed by atoms with Gasteiger partial charge in [-0.15, -0.1) is 0 Å². The molecule has 0 saturated carbocycles. The van der Waals surface area contributed by atoms with Crippen molar-refractivity contribution in [2.75, 3.05) is 13.1 Å². The Balaban J connectivity index is 2.37. The molecule has 1 saturated heterocycles. The van der Waals surface area contributed by atoms with Gasteiger partial charge < -0.3 is 10.0 Å². The summed E-state index contributed by atoms with van der Waals surface area (Å²) in [5, 5.41) is 8.79. The van der Waals surface area contributed by atoms with Crippen LogP contribution in [-0.4, -0.2) is 35.1 Å². The number of nitrogens with zero attached hydrogens (tertiary/aromatic N) is 1. The highest BCUT2D eigenvalue weighted by atomic mass is 16.4. The molecule has 3 nitrogen and oxygen atoms in total. The largest absolute Gasteiger partial charge is 0.481 e. The first-order valence-corrected chi connectivity index (χ1v) is 6.59. The average Bonchev–Trinajstić information content (AvgIpc) is 2.43. The zero-order chi connectivity index (χ0) is 12.0. The van der Waals surface area contributed by atoms with Crippen LogP contribution in [-0.2, 0) is 4.79 Å². The van der Waals surface area contributed by atoms with E-state index < -0.39 is 5.97 Å². The molecule has 16 heavy (non-hydrogen) atoms. The van der Waals surface area contributed by atoms with Crippen LogP contribution in [0.25, 0.3) is 0 Å². The predicted octanol–water partition coefficient (Wildman–Crippen LogP) is 2.75. The first-order chi connectivity index (χ1) is 7.63. The second-order valence-corrected chi connectivity index (χ2v) is 5.07. The molecule has 1 N–H and O–H groups in total. The van der Waals surface area contributed by atoms with Crippen LogP contribution >= 0.6 is 0 Å². The molecule has 0 aromatic rings. The van der Waals surface area contributed by atoms with E-state index >= 15 is 0 Å². The Kier molecular flexibility index (Phi) is 5.81. The molecule has 0 spiro atoms. The third kappa shape index (κ3) is 4.52. The minimum Gasteiger partial charge on any atom is -0.481 e. The van der Waals surface area contributed by atoms with Gasteiger partial charge in [-0.1, -0.05) is 19.8 Å². The Bertz CT molecular complexity index is 218. The van der Waals surface area contributed by atoms with Crippen molar-refractivity contribution in [3.05, 3.63) is 0 Å². The second kappa shape index (κ2) is 6.89. The molecule has 0 bridgehead atoms. The number of hydrogen-bond donors (Lipinski definition) is 1. The molecular formula is C13H25NO2. The Hall–Kier alpha value is -0.570. The quantitative estimate of drug-likeness (QED) is 0.785. The molecule has 94 valence electrons. The van der Waals surface area contributed by atoms with Crippen LogP contribution in [0.4, 0.5) is 0 Å². The Morgan fingerprint density at radius 2 is 2.19 bits per heavy atom. The molecule has 2 unspecified atom stereocenters. The fourth-order valence-electron chi connectivity index (χ4n) is 2.71. The topological polar surface area (TPSA) is 40.5 Å². The van der Waals surface area contributed by atoms with Crippen LogP contribution < -0.4 is 0 Å². The van der Waals surface area contributed by atoms with Crippen molar-refractivity contribution in [3.63, 3.8) is 0 Å². The highest BCUT2D eigenvalue weighted by Gasteiger charge is 2.21. The number of likely N-dealkylation sites (tertiary alicyclic amines) is 1. The number of carbonyl (C=O) groups is 1. The summed E-state index contributed by atoms with van der Waals surface area (Å²) >= 11 is 0. The van der Waals surface area contributed by atoms with E-state index in [4.69, 9.17) is 5.11 Å². The van der Waals surface area contributed by atoms with E-state index in [1.54, 1.807) is 0 Å². The number of rotatable bonds is 5. The van der Waals surface area contributed by atoms with Crippen molar-refractivity contribution >= 4 is 5.97 Å². The summed E-state index contributed by atoms with van der Waals surface area (Å²) in [6.45, 7) is 6.44. The van der Waals surface area contributed by atoms with Gasteiger partial charge in [0.1, 0.15) is 0 Å². The second-order valence-electron chi connectivity index (χ2n) is 5.07. The lowest BCUT2D eigenvalue weighted by Gasteiger charge is -2.26. The van der Waals surface area contributed by atoms with Crippen LogP contribution in [0.5, 0.6) is 0 Å². The van der Waals surface area contributed by atoms with Gasteiger partial charge in [0.2, 0.25) is 0 Å². The lowest BCUT2D eigenvalue weighted by atomic mass is 9.96. The highest BCUT2D eigenvalue weighted by molar-refractivity contribution is 5.67. The predicted molar refractivity (Wildman–Crippen MR) is 65.5 cm³/mol. The van der Waals surface area contributed by atoms with E-state index in [1.807, 2.05) is 6.92 Å². The van der Waals surface area contributed by atoms with Gasteiger partial charge in [-0.3, -0.25) is 4.79 Å². The van der Waals surface area contributed by atoms with Gasteiger partial charge in [-0.2, -0.15) is 0 Å². The van der Waals surface area contributed by atoms with Crippen LogP contribution in [0.3, 0.4) is 0 Å². The number of carboxylic acid groups (broad SMARTS) is 1. The lowest BCUT2D eigenvalue weighted by molar-refractivity contribution is -0.138. The maximum atomic E-state index is 10.7. The van der Waals surface area contributed by atoms with Gasteiger partial charge in [0, 0.05) is 6.04 Å². The van der Waals surface area contributed by atoms with Crippen molar-refractivity contribution in [1.82, 2.24) is 4.90 Å². The van der Waals surface area contributed by atoms with Crippen molar-refractivity contribution in [3.8, 4) is 0 Å². The summed E-state index contributed by atoms with van der Waals surface area (Å²) in [5.41, 5.74) is 0. The van der Waals surface area contributed by atoms with Crippen molar-refractivity contribution in [2.45, 2.75) is 58.4 Å². The van der Waals surface area contributed by atoms with Crippen LogP contribution in [0, 0.1) is 5.92 Å². The van der Waals surface area contributed by atoms with Gasteiger partial charge in [-0.25, -0.2) is 0 Å². The van der Waals surface area contributed by atoms with Gasteiger partial charge >= 0.3 is 5.97 Å². The van der Waals surface area contributed by atoms with Gasteiger partial charge in [-0.05, 0) is 45.2 Å². The molecule has 0 aliphatic carbocycles. The standard InChI is InChI=1S/C13H25NO2/c1-3-5-12-6-4-8-14(9-7-12)11(2)10-13(15)16/h11-12H,3-10H2,1-2H3,(H,15,16). The van der Waals surface area contributed by atoms with E-state index in [-0.39, 0.29) is 12.5 Å². The minimum absolute atomic E-state index is 0.192. The molecule has 1 rings (SSSR count). The van der Waals surface area contributed by atoms with E-state index in [0.717, 1.165) is 19.0 Å². The van der Waals surface area contributed by atoms with Crippen LogP contribution in [0.2, 0.25) is 0 Å². The fraction of sp³-hybridized carbons (Fsp3) is 0.923. The van der Waals surface area contributed by atoms with Gasteiger partial charge in [0.15, 0.2) is 0 Å². The molecule has 1 aliphatic heterocycles. The van der Waals surface area contributed by atoms with Crippen molar-refractivity contribution in [1.29, 1.82) is 0 Å². The summed E-state index contributed by atoms with van der Waals surface area (Å²) in [5.74, 6) is 0.189. The van der Waals surface area contributed by atoms with E-state index in [0.29, 0.717) is 0 Å². The molecule has 3 heteroatoms. The third-order valence-electron chi connectivity index (χ3n) is 3.67. The maximum absolute atomic E-state index is 10.7. The Labute approximate surface area is 98.8 Å². The number of hydrogen-bond acceptors (Lipinski definition) is 2. The Morgan fingerprint density at radius 3 is 2.81 bits per heavy atom. The summed E-state index contributed by atoms with van der Waals surface area (Å²) in [7, 11) is 0. The van der Waals surface area contributed by atoms with Crippen molar-refractivity contribution < 1.29 is 9.90 Å². The molecule has 1 fully saturated rings. The fourth-order valence-corrected chi connectivity index (χ4v) is 2.71. The van der Waals surface area contributed by atoms with Gasteiger partial charge in [0.25, 0.3) is 0 Å². The molecule has 0 aromatic heterocycles. The maximum Gasteiger partial charge on any atom is 0.304 e. The number of aliphatic carboxylic acids is 1. The lowest BCUT2D eigenvalue weighted by Crippen LogP contribution is -2.35.